The fourth-order valence-electron chi connectivity index (χ4n) is 2.30. The van der Waals surface area contributed by atoms with Crippen LogP contribution in [0, 0.1) is 0 Å². The lowest BCUT2D eigenvalue weighted by Gasteiger charge is -2.13. The molecule has 0 aromatic heterocycles. The zero-order chi connectivity index (χ0) is 14.6. The molecule has 0 radical (unpaired) electrons. The summed E-state index contributed by atoms with van der Waals surface area (Å²) in [7, 11) is 0. The zero-order valence-electron chi connectivity index (χ0n) is 11.0. The topological polar surface area (TPSA) is 41.1 Å². The number of carbonyl (C=O) groups excluding carboxylic acids is 1. The Morgan fingerprint density at radius 3 is 2.30 bits per heavy atom. The van der Waals surface area contributed by atoms with Crippen molar-refractivity contribution in [2.75, 3.05) is 0 Å². The normalized spacial score (nSPS) is 16.1. The van der Waals surface area contributed by atoms with Gasteiger partial charge in [0.1, 0.15) is 0 Å². The van der Waals surface area contributed by atoms with Crippen LogP contribution >= 0.6 is 0 Å². The van der Waals surface area contributed by atoms with Gasteiger partial charge >= 0.3 is 12.2 Å². The molecule has 0 unspecified atom stereocenters. The van der Waals surface area contributed by atoms with Crippen molar-refractivity contribution < 1.29 is 18.0 Å². The third-order valence-electron chi connectivity index (χ3n) is 3.42. The first-order valence-electron chi connectivity index (χ1n) is 6.65. The predicted molar refractivity (Wildman–Crippen MR) is 69.1 cm³/mol. The molecule has 1 aliphatic carbocycles. The first kappa shape index (κ1) is 14.7. The van der Waals surface area contributed by atoms with Crippen molar-refractivity contribution in [1.82, 2.24) is 10.6 Å². The molecule has 1 aliphatic rings. The molecule has 20 heavy (non-hydrogen) atoms. The zero-order valence-corrected chi connectivity index (χ0v) is 11.0. The van der Waals surface area contributed by atoms with Crippen molar-refractivity contribution in [2.24, 2.45) is 0 Å². The summed E-state index contributed by atoms with van der Waals surface area (Å²) in [5, 5.41) is 5.51. The van der Waals surface area contributed by atoms with E-state index in [4.69, 9.17) is 0 Å². The van der Waals surface area contributed by atoms with Gasteiger partial charge in [0.05, 0.1) is 5.56 Å². The molecule has 0 aliphatic heterocycles. The first-order chi connectivity index (χ1) is 9.45. The van der Waals surface area contributed by atoms with Crippen molar-refractivity contribution in [2.45, 2.75) is 44.4 Å². The van der Waals surface area contributed by atoms with Crippen LogP contribution in [0.15, 0.2) is 24.3 Å². The van der Waals surface area contributed by atoms with E-state index in [0.717, 1.165) is 37.8 Å². The standard InChI is InChI=1S/C14H17F3N2O/c15-14(16,17)11-7-5-10(6-8-11)9-18-13(20)19-12-3-1-2-4-12/h5-8,12H,1-4,9H2,(H2,18,19,20). The van der Waals surface area contributed by atoms with Gasteiger partial charge in [0.2, 0.25) is 0 Å². The number of urea groups is 1. The minimum atomic E-state index is -4.33. The Labute approximate surface area is 115 Å². The second-order valence-electron chi connectivity index (χ2n) is 5.00. The van der Waals surface area contributed by atoms with E-state index in [1.807, 2.05) is 0 Å². The molecular weight excluding hydrogens is 269 g/mol. The van der Waals surface area contributed by atoms with Crippen LogP contribution in [0.5, 0.6) is 0 Å². The van der Waals surface area contributed by atoms with Crippen LogP contribution in [0.25, 0.3) is 0 Å². The van der Waals surface area contributed by atoms with Crippen LogP contribution in [0.4, 0.5) is 18.0 Å². The molecule has 110 valence electrons. The minimum Gasteiger partial charge on any atom is -0.335 e. The van der Waals surface area contributed by atoms with Gasteiger partial charge in [-0.25, -0.2) is 4.79 Å². The molecule has 0 bridgehead atoms. The second-order valence-corrected chi connectivity index (χ2v) is 5.00. The molecular formula is C14H17F3N2O. The quantitative estimate of drug-likeness (QED) is 0.878. The molecule has 0 atom stereocenters. The van der Waals surface area contributed by atoms with Gasteiger partial charge in [-0.3, -0.25) is 0 Å². The molecule has 0 saturated heterocycles. The van der Waals surface area contributed by atoms with E-state index >= 15 is 0 Å². The predicted octanol–water partition coefficient (Wildman–Crippen LogP) is 3.45. The van der Waals surface area contributed by atoms with Crippen molar-refractivity contribution in [3.8, 4) is 0 Å². The first-order valence-corrected chi connectivity index (χ1v) is 6.65. The summed E-state index contributed by atoms with van der Waals surface area (Å²) in [5.74, 6) is 0. The molecule has 1 aromatic carbocycles. The van der Waals surface area contributed by atoms with Gasteiger partial charge in [-0.15, -0.1) is 0 Å². The highest BCUT2D eigenvalue weighted by molar-refractivity contribution is 5.74. The summed E-state index contributed by atoms with van der Waals surface area (Å²) in [4.78, 5) is 11.6. The van der Waals surface area contributed by atoms with Crippen LogP contribution in [0.1, 0.15) is 36.8 Å². The second kappa shape index (κ2) is 6.15. The summed E-state index contributed by atoms with van der Waals surface area (Å²) in [5.41, 5.74) is -0.0452. The minimum absolute atomic E-state index is 0.219. The maximum atomic E-state index is 12.4. The molecule has 2 rings (SSSR count). The molecule has 0 heterocycles. The molecule has 2 N–H and O–H groups in total. The van der Waals surface area contributed by atoms with Crippen LogP contribution in [0.3, 0.4) is 0 Å². The van der Waals surface area contributed by atoms with Gasteiger partial charge in [-0.05, 0) is 30.5 Å². The molecule has 2 amide bonds. The number of alkyl halides is 3. The largest absolute Gasteiger partial charge is 0.416 e. The Hall–Kier alpha value is -1.72. The van der Waals surface area contributed by atoms with E-state index in [1.54, 1.807) is 0 Å². The summed E-state index contributed by atoms with van der Waals surface area (Å²) < 4.78 is 37.1. The van der Waals surface area contributed by atoms with Gasteiger partial charge in [-0.1, -0.05) is 25.0 Å². The number of halogens is 3. The number of amides is 2. The Morgan fingerprint density at radius 1 is 1.15 bits per heavy atom. The van der Waals surface area contributed by atoms with Crippen LogP contribution in [-0.2, 0) is 12.7 Å². The van der Waals surface area contributed by atoms with Crippen molar-refractivity contribution >= 4 is 6.03 Å². The van der Waals surface area contributed by atoms with E-state index in [2.05, 4.69) is 10.6 Å². The Balaban J connectivity index is 1.80. The number of hydrogen-bond donors (Lipinski definition) is 2. The van der Waals surface area contributed by atoms with E-state index in [1.165, 1.54) is 12.1 Å². The highest BCUT2D eigenvalue weighted by Crippen LogP contribution is 2.29. The maximum absolute atomic E-state index is 12.4. The smallest absolute Gasteiger partial charge is 0.335 e. The number of hydrogen-bond acceptors (Lipinski definition) is 1. The average Bonchev–Trinajstić information content (AvgIpc) is 2.88. The van der Waals surface area contributed by atoms with E-state index < -0.39 is 11.7 Å². The highest BCUT2D eigenvalue weighted by atomic mass is 19.4. The maximum Gasteiger partial charge on any atom is 0.416 e. The lowest BCUT2D eigenvalue weighted by atomic mass is 10.1. The van der Waals surface area contributed by atoms with Gasteiger partial charge in [0.25, 0.3) is 0 Å². The summed E-state index contributed by atoms with van der Waals surface area (Å²) in [6.45, 7) is 0.219. The van der Waals surface area contributed by atoms with Crippen molar-refractivity contribution in [3.05, 3.63) is 35.4 Å². The number of nitrogens with one attached hydrogen (secondary N) is 2. The summed E-state index contributed by atoms with van der Waals surface area (Å²) in [6.07, 6.45) is -0.0824. The fraction of sp³-hybridized carbons (Fsp3) is 0.500. The van der Waals surface area contributed by atoms with Gasteiger partial charge in [0.15, 0.2) is 0 Å². The van der Waals surface area contributed by atoms with Gasteiger partial charge < -0.3 is 10.6 Å². The monoisotopic (exact) mass is 286 g/mol. The Morgan fingerprint density at radius 2 is 1.75 bits per heavy atom. The van der Waals surface area contributed by atoms with Gasteiger partial charge in [0, 0.05) is 12.6 Å². The number of carbonyl (C=O) groups is 1. The molecule has 1 saturated carbocycles. The summed E-state index contributed by atoms with van der Waals surface area (Å²) in [6, 6.07) is 4.74. The fourth-order valence-corrected chi connectivity index (χ4v) is 2.30. The molecule has 1 aromatic rings. The SMILES string of the molecule is O=C(NCc1ccc(C(F)(F)F)cc1)NC1CCCC1. The van der Waals surface area contributed by atoms with Crippen molar-refractivity contribution in [3.63, 3.8) is 0 Å². The number of benzene rings is 1. The molecule has 3 nitrogen and oxygen atoms in total. The molecule has 1 fully saturated rings. The lowest BCUT2D eigenvalue weighted by Crippen LogP contribution is -2.40. The average molecular weight is 286 g/mol. The number of rotatable bonds is 3. The van der Waals surface area contributed by atoms with E-state index in [0.29, 0.717) is 5.56 Å². The van der Waals surface area contributed by atoms with E-state index in [9.17, 15) is 18.0 Å². The van der Waals surface area contributed by atoms with E-state index in [-0.39, 0.29) is 18.6 Å². The van der Waals surface area contributed by atoms with Crippen LogP contribution in [0.2, 0.25) is 0 Å². The Bertz CT molecular complexity index is 450. The molecule has 6 heteroatoms. The third kappa shape index (κ3) is 4.15. The Kier molecular flexibility index (Phi) is 4.52. The summed E-state index contributed by atoms with van der Waals surface area (Å²) >= 11 is 0. The lowest BCUT2D eigenvalue weighted by molar-refractivity contribution is -0.137. The third-order valence-corrected chi connectivity index (χ3v) is 3.42. The van der Waals surface area contributed by atoms with Gasteiger partial charge in [-0.2, -0.15) is 13.2 Å². The van der Waals surface area contributed by atoms with Crippen LogP contribution in [-0.4, -0.2) is 12.1 Å². The highest BCUT2D eigenvalue weighted by Gasteiger charge is 2.29. The van der Waals surface area contributed by atoms with Crippen LogP contribution < -0.4 is 10.6 Å². The molecule has 0 spiro atoms. The van der Waals surface area contributed by atoms with Crippen molar-refractivity contribution in [1.29, 1.82) is 0 Å².